The summed E-state index contributed by atoms with van der Waals surface area (Å²) in [4.78, 5) is 23.5. The van der Waals surface area contributed by atoms with Gasteiger partial charge in [0.1, 0.15) is 5.75 Å². The summed E-state index contributed by atoms with van der Waals surface area (Å²) in [6.07, 6.45) is 1.40. The van der Waals surface area contributed by atoms with Crippen molar-refractivity contribution in [2.24, 2.45) is 0 Å². The lowest BCUT2D eigenvalue weighted by Gasteiger charge is -2.17. The minimum absolute atomic E-state index is 0. The van der Waals surface area contributed by atoms with Crippen LogP contribution in [0.1, 0.15) is 18.4 Å². The highest BCUT2D eigenvalue weighted by molar-refractivity contribution is 5.85. The SMILES string of the molecule is COc1ccc([N+](=O)[O-])cc1CN1CCCC1=O.Cl. The Morgan fingerprint density at radius 3 is 2.74 bits per heavy atom. The maximum atomic E-state index is 11.5. The molecule has 0 saturated carbocycles. The molecule has 0 aromatic heterocycles. The first-order valence-corrected chi connectivity index (χ1v) is 5.71. The topological polar surface area (TPSA) is 72.7 Å². The highest BCUT2D eigenvalue weighted by Crippen LogP contribution is 2.26. The Morgan fingerprint density at radius 1 is 1.47 bits per heavy atom. The van der Waals surface area contributed by atoms with E-state index in [1.165, 1.54) is 19.2 Å². The number of carbonyl (C=O) groups is 1. The standard InChI is InChI=1S/C12H14N2O4.ClH/c1-18-11-5-4-10(14(16)17)7-9(11)8-13-6-2-3-12(13)15;/h4-5,7H,2-3,6,8H2,1H3;1H. The van der Waals surface area contributed by atoms with E-state index in [4.69, 9.17) is 4.74 Å². The molecule has 6 nitrogen and oxygen atoms in total. The molecule has 7 heteroatoms. The van der Waals surface area contributed by atoms with Gasteiger partial charge in [0, 0.05) is 37.2 Å². The molecule has 0 bridgehead atoms. The Morgan fingerprint density at radius 2 is 2.21 bits per heavy atom. The minimum Gasteiger partial charge on any atom is -0.496 e. The second-order valence-corrected chi connectivity index (χ2v) is 4.17. The van der Waals surface area contributed by atoms with Crippen molar-refractivity contribution in [2.75, 3.05) is 13.7 Å². The molecule has 1 aliphatic rings. The average Bonchev–Trinajstić information content (AvgIpc) is 2.75. The first-order chi connectivity index (χ1) is 8.61. The monoisotopic (exact) mass is 286 g/mol. The number of halogens is 1. The van der Waals surface area contributed by atoms with Gasteiger partial charge in [0.25, 0.3) is 5.69 Å². The molecule has 1 aliphatic heterocycles. The average molecular weight is 287 g/mol. The number of nitro groups is 1. The van der Waals surface area contributed by atoms with Gasteiger partial charge in [-0.3, -0.25) is 14.9 Å². The second kappa shape index (κ2) is 6.38. The van der Waals surface area contributed by atoms with E-state index in [9.17, 15) is 14.9 Å². The lowest BCUT2D eigenvalue weighted by Crippen LogP contribution is -2.24. The first-order valence-electron chi connectivity index (χ1n) is 5.71. The van der Waals surface area contributed by atoms with E-state index < -0.39 is 4.92 Å². The number of rotatable bonds is 4. The third-order valence-corrected chi connectivity index (χ3v) is 3.01. The van der Waals surface area contributed by atoms with Gasteiger partial charge in [-0.1, -0.05) is 0 Å². The van der Waals surface area contributed by atoms with E-state index >= 15 is 0 Å². The van der Waals surface area contributed by atoms with Gasteiger partial charge in [0.05, 0.1) is 12.0 Å². The van der Waals surface area contributed by atoms with Crippen molar-refractivity contribution in [1.82, 2.24) is 4.90 Å². The fraction of sp³-hybridized carbons (Fsp3) is 0.417. The highest BCUT2D eigenvalue weighted by atomic mass is 35.5. The van der Waals surface area contributed by atoms with E-state index in [1.54, 1.807) is 11.0 Å². The lowest BCUT2D eigenvalue weighted by molar-refractivity contribution is -0.384. The molecule has 19 heavy (non-hydrogen) atoms. The van der Waals surface area contributed by atoms with Crippen molar-refractivity contribution < 1.29 is 14.5 Å². The lowest BCUT2D eigenvalue weighted by atomic mass is 10.1. The van der Waals surface area contributed by atoms with Crippen molar-refractivity contribution >= 4 is 24.0 Å². The maximum Gasteiger partial charge on any atom is 0.270 e. The largest absolute Gasteiger partial charge is 0.496 e. The van der Waals surface area contributed by atoms with Gasteiger partial charge in [-0.15, -0.1) is 12.4 Å². The number of nitro benzene ring substituents is 1. The van der Waals surface area contributed by atoms with Crippen molar-refractivity contribution in [3.8, 4) is 5.75 Å². The number of methoxy groups -OCH3 is 1. The molecule has 0 N–H and O–H groups in total. The van der Waals surface area contributed by atoms with E-state index in [1.807, 2.05) is 0 Å². The highest BCUT2D eigenvalue weighted by Gasteiger charge is 2.22. The summed E-state index contributed by atoms with van der Waals surface area (Å²) in [7, 11) is 1.51. The molecule has 0 radical (unpaired) electrons. The molecular weight excluding hydrogens is 272 g/mol. The normalized spacial score (nSPS) is 14.2. The zero-order chi connectivity index (χ0) is 13.1. The van der Waals surface area contributed by atoms with Gasteiger partial charge in [-0.2, -0.15) is 0 Å². The zero-order valence-corrected chi connectivity index (χ0v) is 11.3. The van der Waals surface area contributed by atoms with E-state index in [2.05, 4.69) is 0 Å². The number of ether oxygens (including phenoxy) is 1. The number of hydrogen-bond donors (Lipinski definition) is 0. The molecule has 1 saturated heterocycles. The van der Waals surface area contributed by atoms with Crippen LogP contribution in [0, 0.1) is 10.1 Å². The van der Waals surface area contributed by atoms with Gasteiger partial charge in [0.2, 0.25) is 5.91 Å². The summed E-state index contributed by atoms with van der Waals surface area (Å²) in [5, 5.41) is 10.7. The quantitative estimate of drug-likeness (QED) is 0.628. The Balaban J connectivity index is 0.00000180. The second-order valence-electron chi connectivity index (χ2n) is 4.17. The Labute approximate surface area is 116 Å². The fourth-order valence-electron chi connectivity index (χ4n) is 2.08. The molecule has 104 valence electrons. The van der Waals surface area contributed by atoms with Gasteiger partial charge in [0.15, 0.2) is 0 Å². The third-order valence-electron chi connectivity index (χ3n) is 3.01. The zero-order valence-electron chi connectivity index (χ0n) is 10.5. The summed E-state index contributed by atoms with van der Waals surface area (Å²) in [5.74, 6) is 0.656. The Hall–Kier alpha value is -1.82. The van der Waals surface area contributed by atoms with Crippen molar-refractivity contribution in [1.29, 1.82) is 0 Å². The number of nitrogens with zero attached hydrogens (tertiary/aromatic N) is 2. The van der Waals surface area contributed by atoms with Gasteiger partial charge in [-0.25, -0.2) is 0 Å². The number of likely N-dealkylation sites (tertiary alicyclic amines) is 1. The van der Waals surface area contributed by atoms with Crippen LogP contribution in [0.2, 0.25) is 0 Å². The Kier molecular flexibility index (Phi) is 5.11. The summed E-state index contributed by atoms with van der Waals surface area (Å²) in [6, 6.07) is 4.42. The predicted molar refractivity (Wildman–Crippen MR) is 71.5 cm³/mol. The van der Waals surface area contributed by atoms with Crippen LogP contribution in [-0.2, 0) is 11.3 Å². The van der Waals surface area contributed by atoms with Crippen molar-refractivity contribution in [3.63, 3.8) is 0 Å². The van der Waals surface area contributed by atoms with Crippen LogP contribution in [0.15, 0.2) is 18.2 Å². The molecule has 1 aromatic carbocycles. The molecule has 1 fully saturated rings. The van der Waals surface area contributed by atoms with Crippen molar-refractivity contribution in [3.05, 3.63) is 33.9 Å². The van der Waals surface area contributed by atoms with Crippen LogP contribution in [0.25, 0.3) is 0 Å². The summed E-state index contributed by atoms with van der Waals surface area (Å²) in [5.41, 5.74) is 0.680. The van der Waals surface area contributed by atoms with Gasteiger partial charge < -0.3 is 9.64 Å². The van der Waals surface area contributed by atoms with Gasteiger partial charge >= 0.3 is 0 Å². The maximum absolute atomic E-state index is 11.5. The minimum atomic E-state index is -0.450. The molecule has 0 unspecified atom stereocenters. The number of hydrogen-bond acceptors (Lipinski definition) is 4. The molecule has 1 amide bonds. The molecule has 0 atom stereocenters. The third kappa shape index (κ3) is 3.35. The molecule has 2 rings (SSSR count). The van der Waals surface area contributed by atoms with E-state index in [0.29, 0.717) is 30.8 Å². The van der Waals surface area contributed by atoms with Crippen molar-refractivity contribution in [2.45, 2.75) is 19.4 Å². The predicted octanol–water partition coefficient (Wildman–Crippen LogP) is 2.15. The van der Waals surface area contributed by atoms with Crippen LogP contribution in [0.3, 0.4) is 0 Å². The van der Waals surface area contributed by atoms with E-state index in [-0.39, 0.29) is 24.0 Å². The smallest absolute Gasteiger partial charge is 0.270 e. The number of benzene rings is 1. The van der Waals surface area contributed by atoms with Crippen LogP contribution in [0.5, 0.6) is 5.75 Å². The molecular formula is C12H15ClN2O4. The summed E-state index contributed by atoms with van der Waals surface area (Å²) >= 11 is 0. The Bertz CT molecular complexity index is 493. The number of amides is 1. The molecule has 1 heterocycles. The van der Waals surface area contributed by atoms with Crippen LogP contribution < -0.4 is 4.74 Å². The summed E-state index contributed by atoms with van der Waals surface area (Å²) < 4.78 is 5.17. The number of non-ortho nitro benzene ring substituents is 1. The van der Waals surface area contributed by atoms with Crippen LogP contribution in [0.4, 0.5) is 5.69 Å². The molecule has 0 spiro atoms. The fourth-order valence-corrected chi connectivity index (χ4v) is 2.08. The van der Waals surface area contributed by atoms with E-state index in [0.717, 1.165) is 6.42 Å². The van der Waals surface area contributed by atoms with Crippen LogP contribution >= 0.6 is 12.4 Å². The molecule has 1 aromatic rings. The number of carbonyl (C=O) groups excluding carboxylic acids is 1. The van der Waals surface area contributed by atoms with Crippen LogP contribution in [-0.4, -0.2) is 29.4 Å². The molecule has 0 aliphatic carbocycles. The summed E-state index contributed by atoms with van der Waals surface area (Å²) in [6.45, 7) is 1.06. The van der Waals surface area contributed by atoms with Gasteiger partial charge in [-0.05, 0) is 12.5 Å². The first kappa shape index (κ1) is 15.2.